The Balaban J connectivity index is 1.77. The number of thiophene rings is 1. The standard InChI is InChI=1S/C24H35N7O2S/c1-13(2)10-30(19-21(26)31(11-14(3)4)24(33)29-22(19)32)12-17-27-20(25)18-15-8-6-5-7-9-16(15)34-23(18)28-17/h13-14H,5-12,26H2,1-4H3,(H2,25,27,28)(H,29,32,33). The lowest BCUT2D eigenvalue weighted by Gasteiger charge is -2.27. The number of fused-ring (bicyclic) bond motifs is 3. The van der Waals surface area contributed by atoms with E-state index in [2.05, 4.69) is 23.8 Å². The Labute approximate surface area is 203 Å². The molecule has 0 saturated carbocycles. The molecule has 0 atom stereocenters. The predicted molar refractivity (Wildman–Crippen MR) is 140 cm³/mol. The number of nitrogen functional groups attached to an aromatic ring is 2. The maximum absolute atomic E-state index is 12.9. The second kappa shape index (κ2) is 9.77. The quantitative estimate of drug-likeness (QED) is 0.437. The van der Waals surface area contributed by atoms with E-state index >= 15 is 0 Å². The van der Waals surface area contributed by atoms with Crippen molar-refractivity contribution in [3.63, 3.8) is 0 Å². The zero-order valence-electron chi connectivity index (χ0n) is 20.5. The summed E-state index contributed by atoms with van der Waals surface area (Å²) >= 11 is 1.71. The molecule has 34 heavy (non-hydrogen) atoms. The highest BCUT2D eigenvalue weighted by atomic mass is 32.1. The fraction of sp³-hybridized carbons (Fsp3) is 0.583. The second-order valence-corrected chi connectivity index (χ2v) is 11.1. The van der Waals surface area contributed by atoms with Crippen molar-refractivity contribution >= 4 is 38.9 Å². The van der Waals surface area contributed by atoms with Crippen molar-refractivity contribution < 1.29 is 0 Å². The molecule has 0 saturated heterocycles. The number of nitrogens with one attached hydrogen (secondary N) is 1. The molecule has 3 aromatic rings. The van der Waals surface area contributed by atoms with Gasteiger partial charge in [-0.15, -0.1) is 11.3 Å². The molecular formula is C24H35N7O2S. The highest BCUT2D eigenvalue weighted by molar-refractivity contribution is 7.19. The number of aromatic nitrogens is 4. The van der Waals surface area contributed by atoms with Crippen molar-refractivity contribution in [2.45, 2.75) is 72.9 Å². The molecule has 4 rings (SSSR count). The van der Waals surface area contributed by atoms with Crippen LogP contribution in [0, 0.1) is 11.8 Å². The number of aryl methyl sites for hydroxylation is 2. The SMILES string of the molecule is CC(C)CN(Cc1nc(N)c2c3c(sc2n1)CCCCC3)c1c(N)n(CC(C)C)c(=O)[nH]c1=O. The molecular weight excluding hydrogens is 450 g/mol. The summed E-state index contributed by atoms with van der Waals surface area (Å²) in [5.74, 6) is 1.64. The minimum atomic E-state index is -0.500. The number of nitrogens with two attached hydrogens (primary N) is 2. The number of anilines is 3. The maximum Gasteiger partial charge on any atom is 0.330 e. The van der Waals surface area contributed by atoms with Crippen molar-refractivity contribution in [1.82, 2.24) is 19.5 Å². The van der Waals surface area contributed by atoms with Gasteiger partial charge >= 0.3 is 5.69 Å². The van der Waals surface area contributed by atoms with Crippen LogP contribution in [-0.4, -0.2) is 26.1 Å². The van der Waals surface area contributed by atoms with Crippen molar-refractivity contribution in [2.75, 3.05) is 22.9 Å². The van der Waals surface area contributed by atoms with Crippen LogP contribution in [0.3, 0.4) is 0 Å². The van der Waals surface area contributed by atoms with Crippen LogP contribution in [0.1, 0.15) is 63.2 Å². The normalized spacial score (nSPS) is 14.1. The molecule has 0 spiro atoms. The third kappa shape index (κ3) is 4.82. The lowest BCUT2D eigenvalue weighted by molar-refractivity contribution is 0.505. The van der Waals surface area contributed by atoms with Crippen LogP contribution >= 0.6 is 11.3 Å². The Hall–Kier alpha value is -2.88. The summed E-state index contributed by atoms with van der Waals surface area (Å²) in [6, 6.07) is 0. The first-order valence-electron chi connectivity index (χ1n) is 12.1. The van der Waals surface area contributed by atoms with Gasteiger partial charge in [-0.1, -0.05) is 34.1 Å². The predicted octanol–water partition coefficient (Wildman–Crippen LogP) is 3.29. The van der Waals surface area contributed by atoms with E-state index in [4.69, 9.17) is 16.5 Å². The van der Waals surface area contributed by atoms with E-state index in [0.717, 1.165) is 29.5 Å². The van der Waals surface area contributed by atoms with Gasteiger partial charge in [0.05, 0.1) is 11.9 Å². The summed E-state index contributed by atoms with van der Waals surface area (Å²) in [6.45, 7) is 9.37. The number of aromatic amines is 1. The van der Waals surface area contributed by atoms with Gasteiger partial charge in [0, 0.05) is 18.0 Å². The van der Waals surface area contributed by atoms with Gasteiger partial charge in [0.2, 0.25) is 0 Å². The highest BCUT2D eigenvalue weighted by Gasteiger charge is 2.23. The third-order valence-electron chi connectivity index (χ3n) is 6.13. The van der Waals surface area contributed by atoms with Gasteiger partial charge in [-0.05, 0) is 43.1 Å². The number of hydrogen-bond donors (Lipinski definition) is 3. The number of hydrogen-bond acceptors (Lipinski definition) is 8. The fourth-order valence-corrected chi connectivity index (χ4v) is 6.04. The molecule has 3 heterocycles. The summed E-state index contributed by atoms with van der Waals surface area (Å²) < 4.78 is 1.43. The molecule has 1 aliphatic carbocycles. The van der Waals surface area contributed by atoms with Gasteiger partial charge in [-0.3, -0.25) is 14.3 Å². The first kappa shape index (κ1) is 24.3. The van der Waals surface area contributed by atoms with Crippen LogP contribution in [0.25, 0.3) is 10.2 Å². The maximum atomic E-state index is 12.9. The van der Waals surface area contributed by atoms with Gasteiger partial charge in [-0.25, -0.2) is 14.8 Å². The van der Waals surface area contributed by atoms with E-state index in [1.54, 1.807) is 11.3 Å². The first-order valence-corrected chi connectivity index (χ1v) is 12.9. The van der Waals surface area contributed by atoms with Crippen LogP contribution in [0.4, 0.5) is 17.3 Å². The summed E-state index contributed by atoms with van der Waals surface area (Å²) in [4.78, 5) is 41.4. The van der Waals surface area contributed by atoms with E-state index in [1.165, 1.54) is 27.8 Å². The minimum Gasteiger partial charge on any atom is -0.383 e. The molecule has 0 radical (unpaired) electrons. The van der Waals surface area contributed by atoms with Gasteiger partial charge in [0.25, 0.3) is 5.56 Å². The Morgan fingerprint density at radius 1 is 1.06 bits per heavy atom. The fourth-order valence-electron chi connectivity index (χ4n) is 4.75. The van der Waals surface area contributed by atoms with Crippen molar-refractivity contribution in [3.8, 4) is 0 Å². The lowest BCUT2D eigenvalue weighted by Crippen LogP contribution is -2.40. The van der Waals surface area contributed by atoms with Crippen molar-refractivity contribution in [1.29, 1.82) is 0 Å². The molecule has 5 N–H and O–H groups in total. The van der Waals surface area contributed by atoms with E-state index in [1.807, 2.05) is 18.7 Å². The van der Waals surface area contributed by atoms with Gasteiger partial charge in [-0.2, -0.15) is 0 Å². The summed E-state index contributed by atoms with van der Waals surface area (Å²) in [6.07, 6.45) is 5.67. The van der Waals surface area contributed by atoms with Gasteiger partial charge < -0.3 is 16.4 Å². The molecule has 0 bridgehead atoms. The minimum absolute atomic E-state index is 0.167. The van der Waals surface area contributed by atoms with E-state index in [-0.39, 0.29) is 29.9 Å². The molecule has 0 unspecified atom stereocenters. The van der Waals surface area contributed by atoms with E-state index in [0.29, 0.717) is 24.7 Å². The number of H-pyrrole nitrogens is 1. The Kier molecular flexibility index (Phi) is 6.97. The topological polar surface area (TPSA) is 136 Å². The van der Waals surface area contributed by atoms with Crippen LogP contribution in [0.15, 0.2) is 9.59 Å². The highest BCUT2D eigenvalue weighted by Crippen LogP contribution is 2.37. The number of rotatable bonds is 7. The first-order chi connectivity index (χ1) is 16.2. The zero-order chi connectivity index (χ0) is 24.6. The zero-order valence-corrected chi connectivity index (χ0v) is 21.3. The van der Waals surface area contributed by atoms with Crippen LogP contribution in [0.5, 0.6) is 0 Å². The van der Waals surface area contributed by atoms with Crippen LogP contribution < -0.4 is 27.6 Å². The Bertz CT molecular complexity index is 1310. The number of nitrogens with zero attached hydrogens (tertiary/aromatic N) is 4. The molecule has 1 aliphatic rings. The van der Waals surface area contributed by atoms with E-state index in [9.17, 15) is 9.59 Å². The summed E-state index contributed by atoms with van der Waals surface area (Å²) in [5, 5.41) is 0.990. The van der Waals surface area contributed by atoms with Crippen molar-refractivity contribution in [3.05, 3.63) is 37.1 Å². The Morgan fingerprint density at radius 2 is 1.79 bits per heavy atom. The Morgan fingerprint density at radius 3 is 2.50 bits per heavy atom. The molecule has 3 aromatic heterocycles. The molecule has 184 valence electrons. The molecule has 0 aromatic carbocycles. The molecule has 9 nitrogen and oxygen atoms in total. The molecule has 0 amide bonds. The monoisotopic (exact) mass is 485 g/mol. The van der Waals surface area contributed by atoms with Gasteiger partial charge in [0.1, 0.15) is 22.2 Å². The smallest absolute Gasteiger partial charge is 0.330 e. The molecule has 0 fully saturated rings. The van der Waals surface area contributed by atoms with E-state index < -0.39 is 11.2 Å². The van der Waals surface area contributed by atoms with Gasteiger partial charge in [0.15, 0.2) is 5.82 Å². The third-order valence-corrected chi connectivity index (χ3v) is 7.32. The summed E-state index contributed by atoms with van der Waals surface area (Å²) in [5.41, 5.74) is 13.4. The molecule has 10 heteroatoms. The van der Waals surface area contributed by atoms with Crippen LogP contribution in [-0.2, 0) is 25.9 Å². The van der Waals surface area contributed by atoms with Crippen molar-refractivity contribution in [2.24, 2.45) is 11.8 Å². The average molecular weight is 486 g/mol. The summed E-state index contributed by atoms with van der Waals surface area (Å²) in [7, 11) is 0. The average Bonchev–Trinajstić information content (AvgIpc) is 2.92. The second-order valence-electron chi connectivity index (χ2n) is 10.0. The van der Waals surface area contributed by atoms with Crippen LogP contribution in [0.2, 0.25) is 0 Å². The molecule has 0 aliphatic heterocycles. The lowest BCUT2D eigenvalue weighted by atomic mass is 10.1. The largest absolute Gasteiger partial charge is 0.383 e.